The Labute approximate surface area is 101 Å². The molecule has 16 heavy (non-hydrogen) atoms. The molecule has 1 N–H and O–H groups in total. The summed E-state index contributed by atoms with van der Waals surface area (Å²) >= 11 is 1.52. The van der Waals surface area contributed by atoms with Crippen LogP contribution in [-0.4, -0.2) is 42.0 Å². The summed E-state index contributed by atoms with van der Waals surface area (Å²) in [5, 5.41) is 10.1. The molecule has 1 unspecified atom stereocenters. The average molecular weight is 244 g/mol. The molecule has 1 aliphatic heterocycles. The van der Waals surface area contributed by atoms with Crippen molar-refractivity contribution in [2.45, 2.75) is 27.1 Å². The van der Waals surface area contributed by atoms with Crippen molar-refractivity contribution in [3.8, 4) is 0 Å². The van der Waals surface area contributed by atoms with Crippen molar-refractivity contribution in [1.82, 2.24) is 4.90 Å². The number of ether oxygens (including phenoxy) is 1. The monoisotopic (exact) mass is 244 g/mol. The normalized spacial score (nSPS) is 21.8. The fraction of sp³-hybridized carbons (Fsp3) is 0.727. The first-order valence-corrected chi connectivity index (χ1v) is 6.65. The Morgan fingerprint density at radius 1 is 1.56 bits per heavy atom. The number of aliphatic hydroxyl groups is 1. The molecular weight excluding hydrogens is 224 g/mol. The minimum absolute atomic E-state index is 0.254. The third kappa shape index (κ3) is 2.52. The van der Waals surface area contributed by atoms with E-state index >= 15 is 0 Å². The molecule has 0 aromatic carbocycles. The molecule has 0 aromatic heterocycles. The van der Waals surface area contributed by atoms with Gasteiger partial charge in [0, 0.05) is 13.7 Å². The van der Waals surface area contributed by atoms with Gasteiger partial charge in [0.15, 0.2) is 0 Å². The van der Waals surface area contributed by atoms with E-state index in [2.05, 4.69) is 18.8 Å². The highest BCUT2D eigenvalue weighted by Gasteiger charge is 2.28. The van der Waals surface area contributed by atoms with E-state index in [4.69, 9.17) is 4.74 Å². The Balaban J connectivity index is 3.06. The van der Waals surface area contributed by atoms with Gasteiger partial charge in [-0.3, -0.25) is 0 Å². The van der Waals surface area contributed by atoms with E-state index in [0.29, 0.717) is 6.61 Å². The average Bonchev–Trinajstić information content (AvgIpc) is 2.24. The van der Waals surface area contributed by atoms with E-state index in [9.17, 15) is 5.11 Å². The molecule has 0 radical (unpaired) electrons. The zero-order chi connectivity index (χ0) is 12.3. The van der Waals surface area contributed by atoms with Gasteiger partial charge in [-0.25, -0.2) is 4.99 Å². The smallest absolute Gasteiger partial charge is 0.230 e. The highest BCUT2D eigenvalue weighted by molar-refractivity contribution is 8.03. The molecule has 92 valence electrons. The van der Waals surface area contributed by atoms with E-state index in [1.165, 1.54) is 11.8 Å². The lowest BCUT2D eigenvalue weighted by molar-refractivity contribution is -0.0409. The maximum atomic E-state index is 10.1. The second-order valence-electron chi connectivity index (χ2n) is 3.92. The molecule has 0 amide bonds. The van der Waals surface area contributed by atoms with Crippen LogP contribution in [0, 0.1) is 5.92 Å². The summed E-state index contributed by atoms with van der Waals surface area (Å²) in [5.41, 5.74) is 0.918. The van der Waals surface area contributed by atoms with Gasteiger partial charge in [0.1, 0.15) is 0 Å². The molecule has 0 bridgehead atoms. The van der Waals surface area contributed by atoms with Gasteiger partial charge < -0.3 is 14.7 Å². The number of nitrogens with zero attached hydrogens (tertiary/aromatic N) is 2. The van der Waals surface area contributed by atoms with E-state index in [-0.39, 0.29) is 11.8 Å². The molecule has 0 fully saturated rings. The molecule has 0 saturated heterocycles. The number of aliphatic hydroxyl groups excluding tert-OH is 1. The first kappa shape index (κ1) is 13.4. The fourth-order valence-corrected chi connectivity index (χ4v) is 2.37. The molecule has 0 saturated carbocycles. The van der Waals surface area contributed by atoms with Crippen LogP contribution in [0.25, 0.3) is 0 Å². The standard InChI is InChI=1S/C11H20N2O2S/c1-6-15-11-12-8(7(2)3)9(16-5)10(14)13(11)4/h7,11,14H,6H2,1-5H3. The topological polar surface area (TPSA) is 45.1 Å². The van der Waals surface area contributed by atoms with Crippen molar-refractivity contribution in [1.29, 1.82) is 0 Å². The Kier molecular flexibility index (Phi) is 4.68. The predicted molar refractivity (Wildman–Crippen MR) is 68.6 cm³/mol. The molecule has 4 nitrogen and oxygen atoms in total. The number of allylic oxidation sites excluding steroid dienone is 1. The second-order valence-corrected chi connectivity index (χ2v) is 4.73. The van der Waals surface area contributed by atoms with Gasteiger partial charge in [-0.15, -0.1) is 11.8 Å². The van der Waals surface area contributed by atoms with Gasteiger partial charge in [-0.2, -0.15) is 0 Å². The molecule has 1 atom stereocenters. The number of hydrogen-bond donors (Lipinski definition) is 1. The van der Waals surface area contributed by atoms with Crippen molar-refractivity contribution in [2.24, 2.45) is 10.9 Å². The summed E-state index contributed by atoms with van der Waals surface area (Å²) in [6.07, 6.45) is 1.54. The van der Waals surface area contributed by atoms with Gasteiger partial charge in [0.05, 0.1) is 10.6 Å². The molecule has 1 heterocycles. The van der Waals surface area contributed by atoms with Crippen LogP contribution in [-0.2, 0) is 4.74 Å². The summed E-state index contributed by atoms with van der Waals surface area (Å²) < 4.78 is 5.47. The number of rotatable bonds is 4. The van der Waals surface area contributed by atoms with Crippen molar-refractivity contribution in [3.05, 3.63) is 10.8 Å². The summed E-state index contributed by atoms with van der Waals surface area (Å²) in [5.74, 6) is 0.533. The van der Waals surface area contributed by atoms with Gasteiger partial charge in [0.25, 0.3) is 0 Å². The van der Waals surface area contributed by atoms with E-state index < -0.39 is 6.35 Å². The van der Waals surface area contributed by atoms with Crippen LogP contribution in [0.5, 0.6) is 0 Å². The lowest BCUT2D eigenvalue weighted by Gasteiger charge is -2.32. The maximum absolute atomic E-state index is 10.1. The van der Waals surface area contributed by atoms with Crippen molar-refractivity contribution in [3.63, 3.8) is 0 Å². The van der Waals surface area contributed by atoms with Gasteiger partial charge in [-0.1, -0.05) is 13.8 Å². The Bertz CT molecular complexity index is 313. The molecule has 0 spiro atoms. The van der Waals surface area contributed by atoms with Crippen LogP contribution < -0.4 is 0 Å². The van der Waals surface area contributed by atoms with Crippen LogP contribution in [0.4, 0.5) is 0 Å². The van der Waals surface area contributed by atoms with Crippen LogP contribution in [0.3, 0.4) is 0 Å². The molecule has 1 rings (SSSR count). The highest BCUT2D eigenvalue weighted by atomic mass is 32.2. The van der Waals surface area contributed by atoms with Gasteiger partial charge in [0.2, 0.25) is 12.2 Å². The fourth-order valence-electron chi connectivity index (χ4n) is 1.55. The third-order valence-electron chi connectivity index (χ3n) is 2.42. The van der Waals surface area contributed by atoms with Crippen molar-refractivity contribution in [2.75, 3.05) is 19.9 Å². The Morgan fingerprint density at radius 2 is 2.19 bits per heavy atom. The van der Waals surface area contributed by atoms with Gasteiger partial charge >= 0.3 is 0 Å². The number of aliphatic imine (C=N–C) groups is 1. The molecule has 0 aliphatic carbocycles. The zero-order valence-electron chi connectivity index (χ0n) is 10.5. The molecule has 1 aliphatic rings. The van der Waals surface area contributed by atoms with Crippen LogP contribution >= 0.6 is 11.8 Å². The molecule has 0 aromatic rings. The Hall–Kier alpha value is -0.680. The minimum atomic E-state index is -0.404. The quantitative estimate of drug-likeness (QED) is 0.825. The summed E-state index contributed by atoms with van der Waals surface area (Å²) in [6.45, 7) is 6.63. The number of hydrogen-bond acceptors (Lipinski definition) is 5. The molecule has 5 heteroatoms. The lowest BCUT2D eigenvalue weighted by atomic mass is 10.1. The largest absolute Gasteiger partial charge is 0.494 e. The minimum Gasteiger partial charge on any atom is -0.494 e. The van der Waals surface area contributed by atoms with Crippen molar-refractivity contribution >= 4 is 17.5 Å². The van der Waals surface area contributed by atoms with Crippen LogP contribution in [0.15, 0.2) is 15.8 Å². The summed E-state index contributed by atoms with van der Waals surface area (Å²) in [4.78, 5) is 7.03. The molecular formula is C11H20N2O2S. The van der Waals surface area contributed by atoms with E-state index in [0.717, 1.165) is 10.6 Å². The van der Waals surface area contributed by atoms with E-state index in [1.54, 1.807) is 11.9 Å². The Morgan fingerprint density at radius 3 is 2.62 bits per heavy atom. The van der Waals surface area contributed by atoms with Crippen molar-refractivity contribution < 1.29 is 9.84 Å². The summed E-state index contributed by atoms with van der Waals surface area (Å²) in [7, 11) is 1.78. The van der Waals surface area contributed by atoms with Crippen LogP contribution in [0.1, 0.15) is 20.8 Å². The predicted octanol–water partition coefficient (Wildman–Crippen LogP) is 2.44. The van der Waals surface area contributed by atoms with E-state index in [1.807, 2.05) is 13.2 Å². The second kappa shape index (κ2) is 5.59. The third-order valence-corrected chi connectivity index (χ3v) is 3.22. The first-order valence-electron chi connectivity index (χ1n) is 5.42. The van der Waals surface area contributed by atoms with Gasteiger partial charge in [-0.05, 0) is 19.1 Å². The van der Waals surface area contributed by atoms with Crippen LogP contribution in [0.2, 0.25) is 0 Å². The summed E-state index contributed by atoms with van der Waals surface area (Å²) in [6, 6.07) is 0. The SMILES string of the molecule is CCOC1N=C(C(C)C)C(SC)=C(O)N1C. The first-order chi connectivity index (χ1) is 7.52. The maximum Gasteiger partial charge on any atom is 0.230 e. The number of thioether (sulfide) groups is 1. The highest BCUT2D eigenvalue weighted by Crippen LogP contribution is 2.29. The zero-order valence-corrected chi connectivity index (χ0v) is 11.3. The lowest BCUT2D eigenvalue weighted by Crippen LogP contribution is -2.38.